The van der Waals surface area contributed by atoms with Crippen molar-refractivity contribution in [3.63, 3.8) is 0 Å². The number of nitrogens with one attached hydrogen (secondary N) is 1. The molecule has 3 rings (SSSR count). The van der Waals surface area contributed by atoms with Gasteiger partial charge in [-0.15, -0.1) is 5.01 Å². The third-order valence-electron chi connectivity index (χ3n) is 4.54. The zero-order chi connectivity index (χ0) is 17.2. The number of allylic oxidation sites excluding steroid dienone is 2. The van der Waals surface area contributed by atoms with Gasteiger partial charge in [0.25, 0.3) is 5.91 Å². The maximum absolute atomic E-state index is 12.7. The van der Waals surface area contributed by atoms with Crippen LogP contribution in [0.15, 0.2) is 41.5 Å². The Balaban J connectivity index is 1.79. The zero-order valence-electron chi connectivity index (χ0n) is 13.9. The number of nitrogens with zero attached hydrogens (tertiary/aromatic N) is 2. The predicted octanol–water partition coefficient (Wildman–Crippen LogP) is 2.80. The lowest BCUT2D eigenvalue weighted by molar-refractivity contribution is -0.131. The van der Waals surface area contributed by atoms with Gasteiger partial charge in [0.05, 0.1) is 7.11 Å². The summed E-state index contributed by atoms with van der Waals surface area (Å²) in [6.45, 7) is 1.69. The summed E-state index contributed by atoms with van der Waals surface area (Å²) in [6, 6.07) is 6.58. The van der Waals surface area contributed by atoms with Crippen LogP contribution in [0.25, 0.3) is 0 Å². The molecule has 0 bridgehead atoms. The van der Waals surface area contributed by atoms with Gasteiger partial charge in [0.1, 0.15) is 11.3 Å². The van der Waals surface area contributed by atoms with Gasteiger partial charge in [0.15, 0.2) is 0 Å². The molecule has 2 aliphatic rings. The molecule has 24 heavy (non-hydrogen) atoms. The zero-order valence-corrected chi connectivity index (χ0v) is 13.9. The highest BCUT2D eigenvalue weighted by Crippen LogP contribution is 2.30. The number of urea groups is 1. The molecule has 0 spiro atoms. The summed E-state index contributed by atoms with van der Waals surface area (Å²) in [4.78, 5) is 25.0. The van der Waals surface area contributed by atoms with Gasteiger partial charge in [0, 0.05) is 6.21 Å². The fraction of sp³-hybridized carbons (Fsp3) is 0.389. The van der Waals surface area contributed by atoms with Crippen LogP contribution in [0.4, 0.5) is 4.79 Å². The van der Waals surface area contributed by atoms with E-state index >= 15 is 0 Å². The molecule has 126 valence electrons. The largest absolute Gasteiger partial charge is 0.497 e. The smallest absolute Gasteiger partial charge is 0.346 e. The SMILES string of the molecule is COc1ccc([C@@]2(C)NC(=O)N(/N=C\[C@H]3CC=CCC3)C2=O)cc1. The molecule has 1 aromatic rings. The van der Waals surface area contributed by atoms with Gasteiger partial charge >= 0.3 is 6.03 Å². The fourth-order valence-electron chi connectivity index (χ4n) is 2.96. The van der Waals surface area contributed by atoms with Crippen molar-refractivity contribution < 1.29 is 14.3 Å². The second kappa shape index (κ2) is 6.47. The molecule has 0 aromatic heterocycles. The quantitative estimate of drug-likeness (QED) is 0.525. The highest BCUT2D eigenvalue weighted by molar-refractivity contribution is 6.07. The average molecular weight is 327 g/mol. The number of rotatable bonds is 4. The molecule has 1 aliphatic carbocycles. The minimum absolute atomic E-state index is 0.267. The van der Waals surface area contributed by atoms with E-state index in [1.54, 1.807) is 44.5 Å². The number of imide groups is 1. The Morgan fingerprint density at radius 3 is 2.67 bits per heavy atom. The molecule has 1 N–H and O–H groups in total. The maximum Gasteiger partial charge on any atom is 0.346 e. The number of benzene rings is 1. The first kappa shape index (κ1) is 16.2. The molecule has 3 amide bonds. The van der Waals surface area contributed by atoms with Crippen LogP contribution in [0.5, 0.6) is 5.75 Å². The first-order valence-corrected chi connectivity index (χ1v) is 8.05. The molecule has 0 radical (unpaired) electrons. The highest BCUT2D eigenvalue weighted by Gasteiger charge is 2.49. The van der Waals surface area contributed by atoms with Crippen molar-refractivity contribution in [2.24, 2.45) is 11.0 Å². The molecule has 1 aromatic carbocycles. The molecular formula is C18H21N3O3. The number of hydrazone groups is 1. The summed E-state index contributed by atoms with van der Waals surface area (Å²) >= 11 is 0. The van der Waals surface area contributed by atoms with E-state index in [2.05, 4.69) is 22.6 Å². The molecule has 1 aliphatic heterocycles. The first-order chi connectivity index (χ1) is 11.5. The van der Waals surface area contributed by atoms with Crippen molar-refractivity contribution in [1.29, 1.82) is 0 Å². The number of carbonyl (C=O) groups is 2. The predicted molar refractivity (Wildman–Crippen MR) is 90.7 cm³/mol. The van der Waals surface area contributed by atoms with Gasteiger partial charge < -0.3 is 10.1 Å². The first-order valence-electron chi connectivity index (χ1n) is 8.05. The topological polar surface area (TPSA) is 71.0 Å². The van der Waals surface area contributed by atoms with Crippen LogP contribution in [-0.2, 0) is 10.3 Å². The Morgan fingerprint density at radius 2 is 2.04 bits per heavy atom. The van der Waals surface area contributed by atoms with E-state index in [0.29, 0.717) is 11.3 Å². The Bertz CT molecular complexity index is 696. The van der Waals surface area contributed by atoms with E-state index < -0.39 is 11.6 Å². The normalized spacial score (nSPS) is 26.9. The van der Waals surface area contributed by atoms with E-state index in [1.165, 1.54) is 0 Å². The third kappa shape index (κ3) is 2.91. The standard InChI is InChI=1S/C18H21N3O3/c1-18(14-8-10-15(24-2)11-9-14)16(22)21(17(23)20-18)19-12-13-6-4-3-5-7-13/h3-4,8-13H,5-7H2,1-2H3,(H,20,23)/b19-12-/t13-,18+/m0/s1. The van der Waals surface area contributed by atoms with E-state index in [1.807, 2.05) is 0 Å². The van der Waals surface area contributed by atoms with Crippen molar-refractivity contribution >= 4 is 18.2 Å². The number of amides is 3. The van der Waals surface area contributed by atoms with E-state index in [-0.39, 0.29) is 11.8 Å². The summed E-state index contributed by atoms with van der Waals surface area (Å²) in [6.07, 6.45) is 8.83. The summed E-state index contributed by atoms with van der Waals surface area (Å²) in [5.74, 6) is 0.586. The number of hydrogen-bond donors (Lipinski definition) is 1. The molecular weight excluding hydrogens is 306 g/mol. The number of ether oxygens (including phenoxy) is 1. The fourth-order valence-corrected chi connectivity index (χ4v) is 2.96. The number of hydrogen-bond acceptors (Lipinski definition) is 4. The maximum atomic E-state index is 12.7. The molecule has 1 saturated heterocycles. The van der Waals surface area contributed by atoms with Gasteiger partial charge in [0.2, 0.25) is 0 Å². The Labute approximate surface area is 141 Å². The van der Waals surface area contributed by atoms with Crippen LogP contribution in [0.2, 0.25) is 0 Å². The van der Waals surface area contributed by atoms with Crippen molar-refractivity contribution in [2.75, 3.05) is 7.11 Å². The summed E-state index contributed by atoms with van der Waals surface area (Å²) in [5.41, 5.74) is -0.423. The molecule has 0 unspecified atom stereocenters. The minimum atomic E-state index is -1.12. The molecule has 1 fully saturated rings. The van der Waals surface area contributed by atoms with Gasteiger partial charge in [-0.2, -0.15) is 5.10 Å². The monoisotopic (exact) mass is 327 g/mol. The second-order valence-corrected chi connectivity index (χ2v) is 6.21. The van der Waals surface area contributed by atoms with Crippen LogP contribution in [0.3, 0.4) is 0 Å². The number of methoxy groups -OCH3 is 1. The van der Waals surface area contributed by atoms with Gasteiger partial charge in [-0.25, -0.2) is 4.79 Å². The molecule has 1 heterocycles. The third-order valence-corrected chi connectivity index (χ3v) is 4.54. The van der Waals surface area contributed by atoms with Crippen molar-refractivity contribution in [3.05, 3.63) is 42.0 Å². The second-order valence-electron chi connectivity index (χ2n) is 6.21. The van der Waals surface area contributed by atoms with Crippen LogP contribution in [0.1, 0.15) is 31.7 Å². The number of carbonyl (C=O) groups excluding carboxylic acids is 2. The van der Waals surface area contributed by atoms with Gasteiger partial charge in [-0.05, 0) is 49.8 Å². The molecule has 6 heteroatoms. The average Bonchev–Trinajstić information content (AvgIpc) is 2.84. The molecule has 6 nitrogen and oxygen atoms in total. The lowest BCUT2D eigenvalue weighted by Crippen LogP contribution is -2.40. The molecule has 2 atom stereocenters. The van der Waals surface area contributed by atoms with E-state index in [9.17, 15) is 9.59 Å². The van der Waals surface area contributed by atoms with E-state index in [0.717, 1.165) is 24.3 Å². The van der Waals surface area contributed by atoms with Crippen molar-refractivity contribution in [1.82, 2.24) is 10.3 Å². The van der Waals surface area contributed by atoms with Crippen molar-refractivity contribution in [2.45, 2.75) is 31.7 Å². The van der Waals surface area contributed by atoms with Gasteiger partial charge in [-0.1, -0.05) is 24.3 Å². The Morgan fingerprint density at radius 1 is 1.29 bits per heavy atom. The summed E-state index contributed by atoms with van der Waals surface area (Å²) < 4.78 is 5.13. The molecule has 0 saturated carbocycles. The highest BCUT2D eigenvalue weighted by atomic mass is 16.5. The Kier molecular flexibility index (Phi) is 4.38. The Hall–Kier alpha value is -2.63. The van der Waals surface area contributed by atoms with Crippen LogP contribution >= 0.6 is 0 Å². The van der Waals surface area contributed by atoms with E-state index in [4.69, 9.17) is 4.74 Å². The van der Waals surface area contributed by atoms with Crippen LogP contribution in [-0.4, -0.2) is 30.3 Å². The van der Waals surface area contributed by atoms with Crippen molar-refractivity contribution in [3.8, 4) is 5.75 Å². The lowest BCUT2D eigenvalue weighted by Gasteiger charge is -2.21. The minimum Gasteiger partial charge on any atom is -0.497 e. The van der Waals surface area contributed by atoms with Gasteiger partial charge in [-0.3, -0.25) is 4.79 Å². The summed E-state index contributed by atoms with van der Waals surface area (Å²) in [5, 5.41) is 7.83. The summed E-state index contributed by atoms with van der Waals surface area (Å²) in [7, 11) is 1.58. The lowest BCUT2D eigenvalue weighted by atomic mass is 9.92. The van der Waals surface area contributed by atoms with Crippen LogP contribution < -0.4 is 10.1 Å². The van der Waals surface area contributed by atoms with Crippen LogP contribution in [0, 0.1) is 5.92 Å².